The molecule has 0 spiro atoms. The van der Waals surface area contributed by atoms with Crippen LogP contribution in [0.4, 0.5) is 14.5 Å². The third kappa shape index (κ3) is 7.06. The summed E-state index contributed by atoms with van der Waals surface area (Å²) in [6.45, 7) is -0.666. The predicted molar refractivity (Wildman–Crippen MR) is 105 cm³/mol. The van der Waals surface area contributed by atoms with E-state index in [1.165, 1.54) is 24.1 Å². The van der Waals surface area contributed by atoms with Gasteiger partial charge in [-0.2, -0.15) is 8.78 Å². The lowest BCUT2D eigenvalue weighted by atomic mass is 10.1. The molecule has 0 saturated heterocycles. The van der Waals surface area contributed by atoms with Crippen molar-refractivity contribution in [2.75, 3.05) is 25.5 Å². The number of nitrogens with one attached hydrogen (secondary N) is 1. The Bertz CT molecular complexity index is 813. The maximum Gasteiger partial charge on any atom is 0.387 e. The molecule has 2 aromatic carbocycles. The Kier molecular flexibility index (Phi) is 8.39. The molecule has 2 rings (SSSR count). The third-order valence-electron chi connectivity index (χ3n) is 4.07. The molecule has 29 heavy (non-hydrogen) atoms. The van der Waals surface area contributed by atoms with Gasteiger partial charge in [-0.05, 0) is 36.2 Å². The lowest BCUT2D eigenvalue weighted by molar-refractivity contribution is -0.134. The van der Waals surface area contributed by atoms with Crippen LogP contribution in [-0.4, -0.2) is 43.5 Å². The number of nitrogens with zero attached hydrogens (tertiary/aromatic N) is 1. The van der Waals surface area contributed by atoms with E-state index in [1.807, 2.05) is 6.92 Å². The number of carbonyl (C=O) groups excluding carboxylic acids is 2. The van der Waals surface area contributed by atoms with Crippen LogP contribution >= 0.6 is 0 Å². The summed E-state index contributed by atoms with van der Waals surface area (Å²) in [7, 11) is 1.51. The van der Waals surface area contributed by atoms with Crippen molar-refractivity contribution in [1.29, 1.82) is 0 Å². The van der Waals surface area contributed by atoms with E-state index in [0.717, 1.165) is 0 Å². The van der Waals surface area contributed by atoms with Crippen LogP contribution in [0.1, 0.15) is 18.9 Å². The number of ether oxygens (including phenoxy) is 2. The Morgan fingerprint density at radius 2 is 1.79 bits per heavy atom. The number of methoxy groups -OCH3 is 1. The molecular weight excluding hydrogens is 382 g/mol. The molecule has 0 aliphatic heterocycles. The predicted octanol–water partition coefficient (Wildman–Crippen LogP) is 3.72. The van der Waals surface area contributed by atoms with Crippen molar-refractivity contribution in [2.45, 2.75) is 26.4 Å². The summed E-state index contributed by atoms with van der Waals surface area (Å²) < 4.78 is 33.9. The highest BCUT2D eigenvalue weighted by Gasteiger charge is 2.18. The summed E-state index contributed by atoms with van der Waals surface area (Å²) in [6, 6.07) is 12.9. The number of hydrogen-bond acceptors (Lipinski definition) is 4. The SMILES string of the molecule is CCCN(CC(=O)Nc1ccccc1OC)C(=O)Cc1ccc(OC(F)F)cc1. The molecule has 156 valence electrons. The fourth-order valence-corrected chi connectivity index (χ4v) is 2.75. The molecule has 0 heterocycles. The van der Waals surface area contributed by atoms with Gasteiger partial charge >= 0.3 is 6.61 Å². The van der Waals surface area contributed by atoms with Crippen molar-refractivity contribution in [1.82, 2.24) is 4.90 Å². The number of amides is 2. The summed E-state index contributed by atoms with van der Waals surface area (Å²) in [5.41, 5.74) is 1.17. The molecule has 8 heteroatoms. The van der Waals surface area contributed by atoms with E-state index in [-0.39, 0.29) is 30.5 Å². The van der Waals surface area contributed by atoms with E-state index >= 15 is 0 Å². The molecule has 1 N–H and O–H groups in total. The van der Waals surface area contributed by atoms with Crippen molar-refractivity contribution in [3.63, 3.8) is 0 Å². The van der Waals surface area contributed by atoms with Crippen LogP contribution in [0.3, 0.4) is 0 Å². The van der Waals surface area contributed by atoms with E-state index in [9.17, 15) is 18.4 Å². The number of alkyl halides is 2. The molecule has 6 nitrogen and oxygen atoms in total. The van der Waals surface area contributed by atoms with Crippen molar-refractivity contribution < 1.29 is 27.8 Å². The van der Waals surface area contributed by atoms with E-state index in [4.69, 9.17) is 4.74 Å². The van der Waals surface area contributed by atoms with Gasteiger partial charge in [-0.15, -0.1) is 0 Å². The first-order valence-electron chi connectivity index (χ1n) is 9.17. The van der Waals surface area contributed by atoms with Gasteiger partial charge < -0.3 is 19.7 Å². The average Bonchev–Trinajstić information content (AvgIpc) is 2.69. The maximum atomic E-state index is 12.6. The number of para-hydroxylation sites is 2. The molecule has 0 atom stereocenters. The van der Waals surface area contributed by atoms with E-state index in [1.54, 1.807) is 36.4 Å². The minimum Gasteiger partial charge on any atom is -0.495 e. The van der Waals surface area contributed by atoms with E-state index in [2.05, 4.69) is 10.1 Å². The van der Waals surface area contributed by atoms with Crippen molar-refractivity contribution in [3.05, 3.63) is 54.1 Å². The zero-order chi connectivity index (χ0) is 21.2. The molecule has 0 unspecified atom stereocenters. The Hall–Kier alpha value is -3.16. The van der Waals surface area contributed by atoms with Crippen molar-refractivity contribution in [2.24, 2.45) is 0 Å². The van der Waals surface area contributed by atoms with Crippen LogP contribution in [-0.2, 0) is 16.0 Å². The Morgan fingerprint density at radius 1 is 1.10 bits per heavy atom. The summed E-state index contributed by atoms with van der Waals surface area (Å²) in [5.74, 6) is -0.0142. The monoisotopic (exact) mass is 406 g/mol. The molecule has 0 aromatic heterocycles. The quantitative estimate of drug-likeness (QED) is 0.653. The topological polar surface area (TPSA) is 67.9 Å². The molecule has 0 fully saturated rings. The van der Waals surface area contributed by atoms with Crippen LogP contribution < -0.4 is 14.8 Å². The summed E-state index contributed by atoms with van der Waals surface area (Å²) in [4.78, 5) is 26.5. The second-order valence-corrected chi connectivity index (χ2v) is 6.26. The van der Waals surface area contributed by atoms with Gasteiger partial charge in [0.05, 0.1) is 25.8 Å². The first-order valence-corrected chi connectivity index (χ1v) is 9.17. The summed E-state index contributed by atoms with van der Waals surface area (Å²) in [5, 5.41) is 2.75. The van der Waals surface area contributed by atoms with Crippen molar-refractivity contribution in [3.8, 4) is 11.5 Å². The van der Waals surface area contributed by atoms with Crippen LogP contribution in [0.25, 0.3) is 0 Å². The summed E-state index contributed by atoms with van der Waals surface area (Å²) >= 11 is 0. The van der Waals surface area contributed by atoms with Gasteiger partial charge in [0.25, 0.3) is 0 Å². The second kappa shape index (κ2) is 11.0. The van der Waals surface area contributed by atoms with Gasteiger partial charge in [-0.3, -0.25) is 9.59 Å². The molecule has 0 bridgehead atoms. The largest absolute Gasteiger partial charge is 0.495 e. The fourth-order valence-electron chi connectivity index (χ4n) is 2.75. The standard InChI is InChI=1S/C21H24F2N2O4/c1-3-12-25(14-19(26)24-17-6-4-5-7-18(17)28-2)20(27)13-15-8-10-16(11-9-15)29-21(22)23/h4-11,21H,3,12-14H2,1-2H3,(H,24,26). The zero-order valence-corrected chi connectivity index (χ0v) is 16.4. The minimum atomic E-state index is -2.90. The Morgan fingerprint density at radius 3 is 2.41 bits per heavy atom. The first-order chi connectivity index (χ1) is 13.9. The minimum absolute atomic E-state index is 0.0257. The van der Waals surface area contributed by atoms with Gasteiger partial charge in [0.1, 0.15) is 11.5 Å². The van der Waals surface area contributed by atoms with Crippen LogP contribution in [0.2, 0.25) is 0 Å². The first kappa shape index (κ1) is 22.1. The fraction of sp³-hybridized carbons (Fsp3) is 0.333. The Labute approximate surface area is 168 Å². The van der Waals surface area contributed by atoms with Crippen molar-refractivity contribution >= 4 is 17.5 Å². The molecule has 2 amide bonds. The van der Waals surface area contributed by atoms with Gasteiger partial charge in [0, 0.05) is 6.54 Å². The molecule has 0 aliphatic rings. The molecule has 2 aromatic rings. The second-order valence-electron chi connectivity index (χ2n) is 6.26. The molecular formula is C21H24F2N2O4. The van der Waals surface area contributed by atoms with Crippen LogP contribution in [0, 0.1) is 0 Å². The number of halogens is 2. The smallest absolute Gasteiger partial charge is 0.387 e. The molecule has 0 saturated carbocycles. The normalized spacial score (nSPS) is 10.5. The van der Waals surface area contributed by atoms with Gasteiger partial charge in [0.2, 0.25) is 11.8 Å². The summed E-state index contributed by atoms with van der Waals surface area (Å²) in [6.07, 6.45) is 0.742. The van der Waals surface area contributed by atoms with Gasteiger partial charge in [-0.1, -0.05) is 31.2 Å². The highest BCUT2D eigenvalue weighted by atomic mass is 19.3. The number of hydrogen-bond donors (Lipinski definition) is 1. The number of benzene rings is 2. The van der Waals surface area contributed by atoms with Crippen LogP contribution in [0.15, 0.2) is 48.5 Å². The third-order valence-corrected chi connectivity index (χ3v) is 4.07. The highest BCUT2D eigenvalue weighted by molar-refractivity contribution is 5.95. The highest BCUT2D eigenvalue weighted by Crippen LogP contribution is 2.23. The average molecular weight is 406 g/mol. The Balaban J connectivity index is 1.98. The number of rotatable bonds is 10. The lowest BCUT2D eigenvalue weighted by Gasteiger charge is -2.22. The molecule has 0 radical (unpaired) electrons. The number of carbonyl (C=O) groups is 2. The van der Waals surface area contributed by atoms with Gasteiger partial charge in [0.15, 0.2) is 0 Å². The maximum absolute atomic E-state index is 12.6. The van der Waals surface area contributed by atoms with Gasteiger partial charge in [-0.25, -0.2) is 0 Å². The molecule has 0 aliphatic carbocycles. The van der Waals surface area contributed by atoms with Crippen LogP contribution in [0.5, 0.6) is 11.5 Å². The lowest BCUT2D eigenvalue weighted by Crippen LogP contribution is -2.39. The van der Waals surface area contributed by atoms with E-state index < -0.39 is 6.61 Å². The zero-order valence-electron chi connectivity index (χ0n) is 16.4. The number of anilines is 1. The van der Waals surface area contributed by atoms with E-state index in [0.29, 0.717) is 30.0 Å².